The van der Waals surface area contributed by atoms with Crippen molar-refractivity contribution in [3.8, 4) is 0 Å². The van der Waals surface area contributed by atoms with E-state index in [0.717, 1.165) is 5.57 Å². The molecule has 0 bridgehead atoms. The maximum atomic E-state index is 13.4. The summed E-state index contributed by atoms with van der Waals surface area (Å²) < 4.78 is 60.4. The first-order valence-electron chi connectivity index (χ1n) is 29.8. The Morgan fingerprint density at radius 3 is 1.93 bits per heavy atom. The fraction of sp³-hybridized carbons (Fsp3) is 0.881. The molecule has 4 aliphatic heterocycles. The van der Waals surface area contributed by atoms with Crippen LogP contribution >= 0.6 is 0 Å². The third kappa shape index (κ3) is 11.2. The van der Waals surface area contributed by atoms with Gasteiger partial charge in [-0.1, -0.05) is 66.2 Å². The van der Waals surface area contributed by atoms with Crippen LogP contribution in [0.25, 0.3) is 0 Å². The van der Waals surface area contributed by atoms with E-state index >= 15 is 0 Å². The summed E-state index contributed by atoms with van der Waals surface area (Å²) in [5.41, 5.74) is -3.17. The Morgan fingerprint density at radius 2 is 1.29 bits per heavy atom. The number of aliphatic hydroxyl groups excluding tert-OH is 12. The lowest BCUT2D eigenvalue weighted by Gasteiger charge is -2.72. The van der Waals surface area contributed by atoms with Gasteiger partial charge in [-0.3, -0.25) is 4.79 Å². The molecule has 85 heavy (non-hydrogen) atoms. The second-order valence-corrected chi connectivity index (χ2v) is 27.6. The minimum atomic E-state index is -2.21. The standard InChI is InChI=1S/C59H92O26/c1-11-24(2)49(75)85-47-46(72)59(23-78-25(3)61)27(18-54(47,4)5)26-12-13-32-56(8)16-15-34(55(6,7)31(56)14-17-57(32,9)58(26,10)19-33(59)64)80-53-45(84-51-40(70)38(68)37(67)30(20-60)79-51)42(41(71)43(82-53)48(73)74)81-52-44(36(66)29(63)22-77-52)83-50-39(69)35(65)28(62)21-76-50/h11-12,27-47,50-53,60,62-72H,13-23H2,1-10H3,(H,73,74)/b24-11-. The Kier molecular flexibility index (Phi) is 19.1. The van der Waals surface area contributed by atoms with Crippen molar-refractivity contribution in [1.29, 1.82) is 0 Å². The molecule has 26 heteroatoms. The molecular formula is C59H92O26. The van der Waals surface area contributed by atoms with Crippen LogP contribution in [0.15, 0.2) is 23.3 Å². The van der Waals surface area contributed by atoms with Crippen molar-refractivity contribution >= 4 is 17.9 Å². The number of fused-ring (bicyclic) bond motifs is 7. The van der Waals surface area contributed by atoms with Crippen molar-refractivity contribution in [2.45, 2.75) is 249 Å². The van der Waals surface area contributed by atoms with E-state index < -0.39 is 211 Å². The highest BCUT2D eigenvalue weighted by molar-refractivity contribution is 5.87. The van der Waals surface area contributed by atoms with Gasteiger partial charge in [-0.2, -0.15) is 0 Å². The van der Waals surface area contributed by atoms with Gasteiger partial charge in [0.2, 0.25) is 0 Å². The molecule has 0 aromatic rings. The zero-order valence-electron chi connectivity index (χ0n) is 50.0. The SMILES string of the molecule is C/C=C(/C)C(=O)OC1C(O)C2(COC(C)=O)C(O)CC3(C)C(=CCC4C5(C)CCC(OC6OC(C(=O)O)C(O)C(OC7OCC(O)C(O)C7OC7OCC(O)C(O)C7O)C6OC6OC(CO)C(O)C(O)C6O)C(C)(C)C5CCC43C)C2CC1(C)C. The van der Waals surface area contributed by atoms with E-state index in [0.29, 0.717) is 44.1 Å². The molecule has 4 heterocycles. The van der Waals surface area contributed by atoms with Crippen LogP contribution in [0.5, 0.6) is 0 Å². The molecule has 4 saturated carbocycles. The van der Waals surface area contributed by atoms with Crippen LogP contribution in [-0.4, -0.2) is 246 Å². The number of carbonyl (C=O) groups is 3. The summed E-state index contributed by atoms with van der Waals surface area (Å²) in [6, 6.07) is 0. The summed E-state index contributed by atoms with van der Waals surface area (Å²) in [5.74, 6) is -3.49. The Balaban J connectivity index is 1.03. The molecule has 5 aliphatic carbocycles. The van der Waals surface area contributed by atoms with E-state index in [4.69, 9.17) is 47.4 Å². The number of ether oxygens (including phenoxy) is 10. The van der Waals surface area contributed by atoms with Crippen LogP contribution in [-0.2, 0) is 61.8 Å². The molecule has 0 spiro atoms. The first-order valence-corrected chi connectivity index (χ1v) is 29.8. The third-order valence-corrected chi connectivity index (χ3v) is 22.2. The van der Waals surface area contributed by atoms with Gasteiger partial charge in [-0.15, -0.1) is 0 Å². The summed E-state index contributed by atoms with van der Waals surface area (Å²) in [7, 11) is 0. The Hall–Kier alpha value is -2.91. The van der Waals surface area contributed by atoms with Gasteiger partial charge in [-0.05, 0) is 98.2 Å². The number of esters is 2. The second-order valence-electron chi connectivity index (χ2n) is 27.6. The third-order valence-electron chi connectivity index (χ3n) is 22.2. The minimum Gasteiger partial charge on any atom is -0.479 e. The Labute approximate surface area is 493 Å². The molecule has 9 aliphatic rings. The summed E-state index contributed by atoms with van der Waals surface area (Å²) in [6.45, 7) is 16.9. The molecule has 9 rings (SSSR count). The highest BCUT2D eigenvalue weighted by Crippen LogP contribution is 2.76. The number of hydrogen-bond donors (Lipinski definition) is 13. The van der Waals surface area contributed by atoms with E-state index in [-0.39, 0.29) is 24.9 Å². The number of carboxylic acids is 1. The number of carbonyl (C=O) groups excluding carboxylic acids is 2. The number of rotatable bonds is 14. The summed E-state index contributed by atoms with van der Waals surface area (Å²) >= 11 is 0. The van der Waals surface area contributed by atoms with Crippen molar-refractivity contribution in [2.24, 2.45) is 50.2 Å². The second kappa shape index (κ2) is 24.4. The van der Waals surface area contributed by atoms with Gasteiger partial charge >= 0.3 is 17.9 Å². The zero-order valence-corrected chi connectivity index (χ0v) is 50.0. The average Bonchev–Trinajstić information content (AvgIpc) is 0.706. The van der Waals surface area contributed by atoms with Crippen LogP contribution in [0.2, 0.25) is 0 Å². The quantitative estimate of drug-likeness (QED) is 0.0421. The molecule has 0 amide bonds. The Bertz CT molecular complexity index is 2490. The Morgan fingerprint density at radius 1 is 0.671 bits per heavy atom. The number of allylic oxidation sites excluding steroid dienone is 3. The minimum absolute atomic E-state index is 0.00886. The fourth-order valence-corrected chi connectivity index (χ4v) is 17.0. The molecule has 0 aromatic carbocycles. The highest BCUT2D eigenvalue weighted by Gasteiger charge is 2.73. The lowest BCUT2D eigenvalue weighted by Crippen LogP contribution is -2.72. The van der Waals surface area contributed by atoms with E-state index in [1.165, 1.54) is 6.92 Å². The van der Waals surface area contributed by atoms with Crippen LogP contribution < -0.4 is 0 Å². The molecular weight excluding hydrogens is 1120 g/mol. The molecule has 29 unspecified atom stereocenters. The first-order chi connectivity index (χ1) is 39.7. The van der Waals surface area contributed by atoms with Gasteiger partial charge in [0.25, 0.3) is 0 Å². The highest BCUT2D eigenvalue weighted by atomic mass is 16.8. The van der Waals surface area contributed by atoms with Gasteiger partial charge in [0.1, 0.15) is 98.2 Å². The molecule has 29 atom stereocenters. The van der Waals surface area contributed by atoms with Crippen LogP contribution in [0, 0.1) is 50.2 Å². The molecule has 484 valence electrons. The molecule has 0 aromatic heterocycles. The summed E-state index contributed by atoms with van der Waals surface area (Å²) in [6.07, 6.45) is -30.8. The van der Waals surface area contributed by atoms with Gasteiger partial charge in [0.05, 0.1) is 37.4 Å². The van der Waals surface area contributed by atoms with Gasteiger partial charge < -0.3 is 114 Å². The fourth-order valence-electron chi connectivity index (χ4n) is 17.0. The van der Waals surface area contributed by atoms with Gasteiger partial charge in [-0.25, -0.2) is 9.59 Å². The van der Waals surface area contributed by atoms with E-state index in [2.05, 4.69) is 26.8 Å². The topological polar surface area (TPSA) is 407 Å². The van der Waals surface area contributed by atoms with E-state index in [9.17, 15) is 80.8 Å². The molecule has 26 nitrogen and oxygen atoms in total. The molecule has 13 N–H and O–H groups in total. The molecule has 8 fully saturated rings. The van der Waals surface area contributed by atoms with Crippen LogP contribution in [0.3, 0.4) is 0 Å². The molecule has 4 saturated heterocycles. The normalized spacial score (nSPS) is 50.5. The van der Waals surface area contributed by atoms with Crippen LogP contribution in [0.1, 0.15) is 114 Å². The smallest absolute Gasteiger partial charge is 0.335 e. The van der Waals surface area contributed by atoms with Crippen molar-refractivity contribution in [3.05, 3.63) is 23.3 Å². The van der Waals surface area contributed by atoms with Gasteiger partial charge in [0.15, 0.2) is 31.3 Å². The summed E-state index contributed by atoms with van der Waals surface area (Å²) in [5, 5.41) is 145. The molecule has 0 radical (unpaired) electrons. The van der Waals surface area contributed by atoms with Crippen molar-refractivity contribution in [1.82, 2.24) is 0 Å². The van der Waals surface area contributed by atoms with E-state index in [1.54, 1.807) is 19.9 Å². The average molecular weight is 1220 g/mol. The number of aliphatic hydroxyl groups is 12. The first kappa shape index (κ1) is 66.5. The van der Waals surface area contributed by atoms with Crippen molar-refractivity contribution in [2.75, 3.05) is 26.4 Å². The zero-order chi connectivity index (χ0) is 62.6. The van der Waals surface area contributed by atoms with Crippen molar-refractivity contribution < 1.29 is 128 Å². The number of aliphatic carboxylic acids is 1. The summed E-state index contributed by atoms with van der Waals surface area (Å²) in [4.78, 5) is 39.1. The lowest BCUT2D eigenvalue weighted by molar-refractivity contribution is -0.399. The number of carboxylic acid groups (broad SMARTS) is 1. The predicted octanol–water partition coefficient (Wildman–Crippen LogP) is -1.19. The lowest BCUT2D eigenvalue weighted by atomic mass is 9.33. The largest absolute Gasteiger partial charge is 0.479 e. The van der Waals surface area contributed by atoms with E-state index in [1.807, 2.05) is 27.7 Å². The number of hydrogen-bond acceptors (Lipinski definition) is 25. The van der Waals surface area contributed by atoms with Crippen LogP contribution in [0.4, 0.5) is 0 Å². The maximum absolute atomic E-state index is 13.4. The van der Waals surface area contributed by atoms with Crippen molar-refractivity contribution in [3.63, 3.8) is 0 Å². The predicted molar refractivity (Wildman–Crippen MR) is 288 cm³/mol. The van der Waals surface area contributed by atoms with Gasteiger partial charge in [0, 0.05) is 17.9 Å². The maximum Gasteiger partial charge on any atom is 0.335 e. The monoisotopic (exact) mass is 1220 g/mol.